The number of carbonyl (C=O) groups is 3. The first-order chi connectivity index (χ1) is 15.4. The van der Waals surface area contributed by atoms with Crippen LogP contribution in [0.3, 0.4) is 0 Å². The fourth-order valence-corrected chi connectivity index (χ4v) is 6.68. The van der Waals surface area contributed by atoms with Crippen molar-refractivity contribution in [3.63, 3.8) is 0 Å². The summed E-state index contributed by atoms with van der Waals surface area (Å²) >= 11 is 1.53. The molecule has 2 atom stereocenters. The molecular formula is C23H31N5O3S. The van der Waals surface area contributed by atoms with E-state index in [0.717, 1.165) is 48.0 Å². The number of likely N-dealkylation sites (N-methyl/N-ethyl adjacent to an activating group) is 1. The predicted molar refractivity (Wildman–Crippen MR) is 123 cm³/mol. The van der Waals surface area contributed by atoms with Gasteiger partial charge in [0.2, 0.25) is 0 Å². The van der Waals surface area contributed by atoms with Gasteiger partial charge in [-0.15, -0.1) is 11.3 Å². The number of hydrogen-bond donors (Lipinski definition) is 1. The lowest BCUT2D eigenvalue weighted by molar-refractivity contribution is -0.127. The largest absolute Gasteiger partial charge is 0.349 e. The van der Waals surface area contributed by atoms with Crippen molar-refractivity contribution >= 4 is 39.4 Å². The number of aromatic nitrogens is 2. The van der Waals surface area contributed by atoms with E-state index in [0.29, 0.717) is 17.3 Å². The Labute approximate surface area is 191 Å². The van der Waals surface area contributed by atoms with Crippen LogP contribution in [0.5, 0.6) is 0 Å². The fourth-order valence-electron chi connectivity index (χ4n) is 5.54. The summed E-state index contributed by atoms with van der Waals surface area (Å²) in [6, 6.07) is 2.01. The van der Waals surface area contributed by atoms with Gasteiger partial charge in [0.05, 0.1) is 16.6 Å². The molecule has 3 heterocycles. The molecule has 2 aromatic heterocycles. The Morgan fingerprint density at radius 3 is 2.56 bits per heavy atom. The van der Waals surface area contributed by atoms with E-state index < -0.39 is 0 Å². The third-order valence-corrected chi connectivity index (χ3v) is 8.36. The molecule has 5 rings (SSSR count). The molecule has 2 aliphatic carbocycles. The number of thiophene rings is 1. The second-order valence-corrected chi connectivity index (χ2v) is 10.6. The minimum Gasteiger partial charge on any atom is -0.349 e. The predicted octanol–water partition coefficient (Wildman–Crippen LogP) is 3.85. The highest BCUT2D eigenvalue weighted by molar-refractivity contribution is 7.20. The van der Waals surface area contributed by atoms with Crippen LogP contribution in [0.25, 0.3) is 10.2 Å². The standard InChI is InChI=1S/C23H31N5O3S/c1-14-18-12-19(32-22(18)28(25-14)16-8-4-3-5-9-16)21(30)24-15-7-6-10-17(11-15)27-20(29)13-26(2)23(27)31/h12,15-17H,3-11,13H2,1-2H3,(H,24,30). The molecule has 9 heteroatoms. The molecule has 0 bridgehead atoms. The first-order valence-electron chi connectivity index (χ1n) is 11.8. The maximum atomic E-state index is 13.1. The highest BCUT2D eigenvalue weighted by atomic mass is 32.1. The smallest absolute Gasteiger partial charge is 0.327 e. The van der Waals surface area contributed by atoms with Gasteiger partial charge in [-0.25, -0.2) is 4.79 Å². The van der Waals surface area contributed by atoms with Crippen LogP contribution in [0.2, 0.25) is 0 Å². The van der Waals surface area contributed by atoms with Gasteiger partial charge in [-0.3, -0.25) is 19.2 Å². The highest BCUT2D eigenvalue weighted by Gasteiger charge is 2.40. The Kier molecular flexibility index (Phi) is 5.69. The fraction of sp³-hybridized carbons (Fsp3) is 0.652. The maximum absolute atomic E-state index is 13.1. The van der Waals surface area contributed by atoms with Crippen molar-refractivity contribution in [3.8, 4) is 0 Å². The molecule has 1 saturated heterocycles. The van der Waals surface area contributed by atoms with Gasteiger partial charge in [0.25, 0.3) is 11.8 Å². The lowest BCUT2D eigenvalue weighted by Gasteiger charge is -2.34. The Hall–Kier alpha value is -2.42. The molecule has 0 radical (unpaired) electrons. The summed E-state index contributed by atoms with van der Waals surface area (Å²) in [5.41, 5.74) is 0.980. The zero-order valence-electron chi connectivity index (χ0n) is 18.8. The Morgan fingerprint density at radius 2 is 1.84 bits per heavy atom. The molecule has 2 aromatic rings. The number of amides is 4. The van der Waals surface area contributed by atoms with Crippen LogP contribution < -0.4 is 5.32 Å². The molecule has 0 aromatic carbocycles. The summed E-state index contributed by atoms with van der Waals surface area (Å²) < 4.78 is 2.16. The Morgan fingerprint density at radius 1 is 1.09 bits per heavy atom. The van der Waals surface area contributed by atoms with Crippen molar-refractivity contribution in [1.29, 1.82) is 0 Å². The first kappa shape index (κ1) is 21.4. The average molecular weight is 458 g/mol. The van der Waals surface area contributed by atoms with Crippen LogP contribution in [0.1, 0.15) is 79.2 Å². The van der Waals surface area contributed by atoms with E-state index in [4.69, 9.17) is 5.10 Å². The van der Waals surface area contributed by atoms with Crippen molar-refractivity contribution in [2.45, 2.75) is 82.8 Å². The molecule has 2 unspecified atom stereocenters. The van der Waals surface area contributed by atoms with Crippen molar-refractivity contribution in [2.24, 2.45) is 0 Å². The van der Waals surface area contributed by atoms with Gasteiger partial charge in [-0.1, -0.05) is 19.3 Å². The third kappa shape index (κ3) is 3.80. The van der Waals surface area contributed by atoms with Gasteiger partial charge in [0, 0.05) is 24.5 Å². The average Bonchev–Trinajstić information content (AvgIpc) is 3.42. The molecule has 3 aliphatic rings. The van der Waals surface area contributed by atoms with Crippen LogP contribution in [0, 0.1) is 6.92 Å². The molecule has 1 N–H and O–H groups in total. The van der Waals surface area contributed by atoms with E-state index in [9.17, 15) is 14.4 Å². The van der Waals surface area contributed by atoms with E-state index in [2.05, 4.69) is 10.00 Å². The summed E-state index contributed by atoms with van der Waals surface area (Å²) in [7, 11) is 1.65. The van der Waals surface area contributed by atoms with E-state index in [1.165, 1.54) is 40.4 Å². The van der Waals surface area contributed by atoms with Gasteiger partial charge < -0.3 is 10.2 Å². The van der Waals surface area contributed by atoms with Crippen LogP contribution in [-0.2, 0) is 4.79 Å². The van der Waals surface area contributed by atoms with Gasteiger partial charge >= 0.3 is 6.03 Å². The number of hydrogen-bond acceptors (Lipinski definition) is 5. The number of imide groups is 1. The molecular weight excluding hydrogens is 426 g/mol. The van der Waals surface area contributed by atoms with Crippen molar-refractivity contribution in [3.05, 3.63) is 16.6 Å². The summed E-state index contributed by atoms with van der Waals surface area (Å²) in [6.07, 6.45) is 9.27. The number of nitrogens with zero attached hydrogens (tertiary/aromatic N) is 4. The lowest BCUT2D eigenvalue weighted by atomic mass is 9.90. The van der Waals surface area contributed by atoms with Crippen molar-refractivity contribution in [2.75, 3.05) is 13.6 Å². The summed E-state index contributed by atoms with van der Waals surface area (Å²) in [5, 5.41) is 9.04. The van der Waals surface area contributed by atoms with Crippen molar-refractivity contribution < 1.29 is 14.4 Å². The quantitative estimate of drug-likeness (QED) is 0.707. The topological polar surface area (TPSA) is 87.5 Å². The van der Waals surface area contributed by atoms with Gasteiger partial charge in [-0.05, 0) is 51.5 Å². The Bertz CT molecular complexity index is 1050. The van der Waals surface area contributed by atoms with Gasteiger partial charge in [-0.2, -0.15) is 5.10 Å². The summed E-state index contributed by atoms with van der Waals surface area (Å²) in [4.78, 5) is 42.4. The normalized spacial score (nSPS) is 25.2. The number of aryl methyl sites for hydroxylation is 1. The summed E-state index contributed by atoms with van der Waals surface area (Å²) in [6.45, 7) is 2.16. The minimum atomic E-state index is -0.223. The first-order valence-corrected chi connectivity index (χ1v) is 12.6. The minimum absolute atomic E-state index is 0.0334. The second-order valence-electron chi connectivity index (χ2n) is 9.54. The number of rotatable bonds is 4. The second kappa shape index (κ2) is 8.50. The monoisotopic (exact) mass is 457 g/mol. The molecule has 1 aliphatic heterocycles. The van der Waals surface area contributed by atoms with Gasteiger partial charge in [0.15, 0.2) is 0 Å². The van der Waals surface area contributed by atoms with E-state index in [-0.39, 0.29) is 36.5 Å². The van der Waals surface area contributed by atoms with E-state index in [1.54, 1.807) is 7.05 Å². The van der Waals surface area contributed by atoms with Crippen LogP contribution in [0.4, 0.5) is 4.79 Å². The molecule has 0 spiro atoms. The van der Waals surface area contributed by atoms with Crippen LogP contribution >= 0.6 is 11.3 Å². The Balaban J connectivity index is 1.29. The lowest BCUT2D eigenvalue weighted by Crippen LogP contribution is -2.48. The van der Waals surface area contributed by atoms with Crippen LogP contribution in [0.15, 0.2) is 6.07 Å². The molecule has 172 valence electrons. The highest BCUT2D eigenvalue weighted by Crippen LogP contribution is 2.35. The molecule has 3 fully saturated rings. The zero-order valence-corrected chi connectivity index (χ0v) is 19.6. The molecule has 32 heavy (non-hydrogen) atoms. The third-order valence-electron chi connectivity index (χ3n) is 7.23. The molecule has 2 saturated carbocycles. The number of carbonyl (C=O) groups excluding carboxylic acids is 3. The van der Waals surface area contributed by atoms with Gasteiger partial charge in [0.1, 0.15) is 11.4 Å². The van der Waals surface area contributed by atoms with E-state index >= 15 is 0 Å². The number of fused-ring (bicyclic) bond motifs is 1. The summed E-state index contributed by atoms with van der Waals surface area (Å²) in [5.74, 6) is -0.204. The number of urea groups is 1. The zero-order chi connectivity index (χ0) is 22.4. The SMILES string of the molecule is Cc1nn(C2CCCCC2)c2sc(C(=O)NC3CCCC(N4C(=O)CN(C)C4=O)C3)cc12. The maximum Gasteiger partial charge on any atom is 0.327 e. The van der Waals surface area contributed by atoms with E-state index in [1.807, 2.05) is 13.0 Å². The van der Waals surface area contributed by atoms with Crippen LogP contribution in [-0.4, -0.2) is 63.1 Å². The van der Waals surface area contributed by atoms with Crippen molar-refractivity contribution in [1.82, 2.24) is 24.9 Å². The molecule has 8 nitrogen and oxygen atoms in total. The molecule has 4 amide bonds. The number of nitrogens with one attached hydrogen (secondary N) is 1.